The van der Waals surface area contributed by atoms with Crippen molar-refractivity contribution < 1.29 is 17.9 Å². The lowest BCUT2D eigenvalue weighted by Crippen LogP contribution is -2.16. The molecule has 0 spiro atoms. The van der Waals surface area contributed by atoms with Crippen molar-refractivity contribution in [2.45, 2.75) is 6.36 Å². The number of aromatic nitrogens is 1. The Morgan fingerprint density at radius 1 is 1.00 bits per heavy atom. The number of rotatable bonds is 4. The second-order valence-corrected chi connectivity index (χ2v) is 3.91. The number of pyridine rings is 1. The van der Waals surface area contributed by atoms with Crippen molar-refractivity contribution in [3.63, 3.8) is 0 Å². The van der Waals surface area contributed by atoms with Crippen LogP contribution in [-0.4, -0.2) is 18.4 Å². The SMILES string of the molecule is CNc1cncc(Nc2ccc(OC(F)(F)F)cc2)c1. The average molecular weight is 283 g/mol. The summed E-state index contributed by atoms with van der Waals surface area (Å²) >= 11 is 0. The number of alkyl halides is 3. The van der Waals surface area contributed by atoms with Gasteiger partial charge in [0, 0.05) is 12.7 Å². The fourth-order valence-electron chi connectivity index (χ4n) is 1.55. The molecule has 0 fully saturated rings. The number of ether oxygens (including phenoxy) is 1. The van der Waals surface area contributed by atoms with E-state index in [9.17, 15) is 13.2 Å². The Balaban J connectivity index is 2.06. The van der Waals surface area contributed by atoms with Gasteiger partial charge in [-0.3, -0.25) is 4.98 Å². The minimum Gasteiger partial charge on any atom is -0.406 e. The monoisotopic (exact) mass is 283 g/mol. The van der Waals surface area contributed by atoms with E-state index in [-0.39, 0.29) is 5.75 Å². The molecule has 1 heterocycles. The first-order valence-electron chi connectivity index (χ1n) is 5.72. The lowest BCUT2D eigenvalue weighted by molar-refractivity contribution is -0.274. The zero-order valence-corrected chi connectivity index (χ0v) is 10.5. The lowest BCUT2D eigenvalue weighted by atomic mass is 10.3. The highest BCUT2D eigenvalue weighted by Crippen LogP contribution is 2.25. The van der Waals surface area contributed by atoms with E-state index in [4.69, 9.17) is 0 Å². The minimum absolute atomic E-state index is 0.259. The molecule has 7 heteroatoms. The van der Waals surface area contributed by atoms with E-state index < -0.39 is 6.36 Å². The van der Waals surface area contributed by atoms with Crippen LogP contribution in [0.3, 0.4) is 0 Å². The quantitative estimate of drug-likeness (QED) is 0.896. The van der Waals surface area contributed by atoms with Gasteiger partial charge in [-0.15, -0.1) is 13.2 Å². The summed E-state index contributed by atoms with van der Waals surface area (Å²) in [7, 11) is 1.77. The standard InChI is InChI=1S/C13H12F3N3O/c1-17-10-6-11(8-18-7-10)19-9-2-4-12(5-3-9)20-13(14,15)16/h2-8,17,19H,1H3. The third-order valence-electron chi connectivity index (χ3n) is 2.40. The molecule has 0 aliphatic carbocycles. The van der Waals surface area contributed by atoms with Gasteiger partial charge in [0.25, 0.3) is 0 Å². The second kappa shape index (κ2) is 5.68. The maximum absolute atomic E-state index is 12.0. The normalized spacial score (nSPS) is 11.0. The van der Waals surface area contributed by atoms with Crippen molar-refractivity contribution >= 4 is 17.1 Å². The van der Waals surface area contributed by atoms with Crippen molar-refractivity contribution in [1.29, 1.82) is 0 Å². The molecule has 0 atom stereocenters. The summed E-state index contributed by atoms with van der Waals surface area (Å²) in [5.41, 5.74) is 2.18. The van der Waals surface area contributed by atoms with Crippen LogP contribution in [0.4, 0.5) is 30.2 Å². The summed E-state index contributed by atoms with van der Waals surface area (Å²) < 4.78 is 39.9. The first-order chi connectivity index (χ1) is 9.46. The minimum atomic E-state index is -4.68. The van der Waals surface area contributed by atoms with Crippen molar-refractivity contribution in [1.82, 2.24) is 4.98 Å². The summed E-state index contributed by atoms with van der Waals surface area (Å²) in [6.07, 6.45) is -1.41. The van der Waals surface area contributed by atoms with Crippen molar-refractivity contribution in [2.24, 2.45) is 0 Å². The average Bonchev–Trinajstić information content (AvgIpc) is 2.40. The Kier molecular flexibility index (Phi) is 3.97. The Morgan fingerprint density at radius 3 is 2.25 bits per heavy atom. The van der Waals surface area contributed by atoms with Crippen LogP contribution in [0.25, 0.3) is 0 Å². The zero-order chi connectivity index (χ0) is 14.6. The van der Waals surface area contributed by atoms with Gasteiger partial charge in [-0.05, 0) is 30.3 Å². The Labute approximate surface area is 113 Å². The summed E-state index contributed by atoms with van der Waals surface area (Å²) in [4.78, 5) is 4.02. The number of nitrogens with zero attached hydrogens (tertiary/aromatic N) is 1. The molecule has 2 aromatic rings. The molecule has 0 bridgehead atoms. The first kappa shape index (κ1) is 14.0. The molecule has 2 rings (SSSR count). The molecule has 106 valence electrons. The van der Waals surface area contributed by atoms with Crippen LogP contribution in [0.2, 0.25) is 0 Å². The Morgan fingerprint density at radius 2 is 1.65 bits per heavy atom. The fraction of sp³-hybridized carbons (Fsp3) is 0.154. The second-order valence-electron chi connectivity index (χ2n) is 3.91. The molecule has 4 nitrogen and oxygen atoms in total. The van der Waals surface area contributed by atoms with Gasteiger partial charge < -0.3 is 15.4 Å². The summed E-state index contributed by atoms with van der Waals surface area (Å²) in [6.45, 7) is 0. The molecule has 0 radical (unpaired) electrons. The topological polar surface area (TPSA) is 46.2 Å². The van der Waals surface area contributed by atoms with E-state index in [1.807, 2.05) is 6.07 Å². The van der Waals surface area contributed by atoms with Crippen LogP contribution < -0.4 is 15.4 Å². The van der Waals surface area contributed by atoms with E-state index in [1.165, 1.54) is 24.3 Å². The van der Waals surface area contributed by atoms with Gasteiger partial charge in [0.15, 0.2) is 0 Å². The van der Waals surface area contributed by atoms with E-state index in [0.29, 0.717) is 5.69 Å². The van der Waals surface area contributed by atoms with Crippen LogP contribution in [0.15, 0.2) is 42.7 Å². The van der Waals surface area contributed by atoms with Crippen molar-refractivity contribution in [2.75, 3.05) is 17.7 Å². The predicted octanol–water partition coefficient (Wildman–Crippen LogP) is 3.77. The Bertz CT molecular complexity index is 570. The molecular weight excluding hydrogens is 271 g/mol. The number of hydrogen-bond donors (Lipinski definition) is 2. The molecule has 1 aromatic carbocycles. The highest BCUT2D eigenvalue weighted by atomic mass is 19.4. The highest BCUT2D eigenvalue weighted by Gasteiger charge is 2.30. The van der Waals surface area contributed by atoms with Gasteiger partial charge in [0.05, 0.1) is 23.8 Å². The zero-order valence-electron chi connectivity index (χ0n) is 10.5. The third kappa shape index (κ3) is 4.04. The van der Waals surface area contributed by atoms with E-state index in [1.54, 1.807) is 19.4 Å². The Hall–Kier alpha value is -2.44. The van der Waals surface area contributed by atoms with Crippen LogP contribution in [-0.2, 0) is 0 Å². The molecule has 0 saturated carbocycles. The molecule has 0 aliphatic heterocycles. The number of nitrogens with one attached hydrogen (secondary N) is 2. The number of halogens is 3. The molecule has 2 N–H and O–H groups in total. The molecule has 0 saturated heterocycles. The van der Waals surface area contributed by atoms with Crippen molar-refractivity contribution in [3.05, 3.63) is 42.7 Å². The van der Waals surface area contributed by atoms with E-state index >= 15 is 0 Å². The van der Waals surface area contributed by atoms with Gasteiger partial charge in [-0.1, -0.05) is 0 Å². The first-order valence-corrected chi connectivity index (χ1v) is 5.72. The molecule has 0 unspecified atom stereocenters. The number of benzene rings is 1. The summed E-state index contributed by atoms with van der Waals surface area (Å²) in [5.74, 6) is -0.259. The maximum atomic E-state index is 12.0. The smallest absolute Gasteiger partial charge is 0.406 e. The van der Waals surface area contributed by atoms with Gasteiger partial charge in [-0.25, -0.2) is 0 Å². The lowest BCUT2D eigenvalue weighted by Gasteiger charge is -2.10. The molecule has 1 aromatic heterocycles. The van der Waals surface area contributed by atoms with Crippen LogP contribution >= 0.6 is 0 Å². The van der Waals surface area contributed by atoms with Gasteiger partial charge >= 0.3 is 6.36 Å². The maximum Gasteiger partial charge on any atom is 0.573 e. The number of anilines is 3. The van der Waals surface area contributed by atoms with E-state index in [0.717, 1.165) is 11.4 Å². The van der Waals surface area contributed by atoms with Crippen LogP contribution in [0.1, 0.15) is 0 Å². The van der Waals surface area contributed by atoms with Crippen LogP contribution in [0, 0.1) is 0 Å². The predicted molar refractivity (Wildman–Crippen MR) is 70.2 cm³/mol. The van der Waals surface area contributed by atoms with Crippen LogP contribution in [0.5, 0.6) is 5.75 Å². The van der Waals surface area contributed by atoms with Gasteiger partial charge in [0.2, 0.25) is 0 Å². The molecule has 20 heavy (non-hydrogen) atoms. The summed E-state index contributed by atoms with van der Waals surface area (Å²) in [5, 5.41) is 5.97. The molecular formula is C13H12F3N3O. The fourth-order valence-corrected chi connectivity index (χ4v) is 1.55. The number of hydrogen-bond acceptors (Lipinski definition) is 4. The summed E-state index contributed by atoms with van der Waals surface area (Å²) in [6, 6.07) is 7.30. The van der Waals surface area contributed by atoms with Gasteiger partial charge in [0.1, 0.15) is 5.75 Å². The third-order valence-corrected chi connectivity index (χ3v) is 2.40. The molecule has 0 aliphatic rings. The van der Waals surface area contributed by atoms with Gasteiger partial charge in [-0.2, -0.15) is 0 Å². The molecule has 0 amide bonds. The van der Waals surface area contributed by atoms with Crippen molar-refractivity contribution in [3.8, 4) is 5.75 Å². The highest BCUT2D eigenvalue weighted by molar-refractivity contribution is 5.63. The van der Waals surface area contributed by atoms with E-state index in [2.05, 4.69) is 20.4 Å². The largest absolute Gasteiger partial charge is 0.573 e.